The minimum Gasteiger partial charge on any atom is -0.381 e. The lowest BCUT2D eigenvalue weighted by Gasteiger charge is -2.36. The van der Waals surface area contributed by atoms with E-state index in [0.29, 0.717) is 17.9 Å². The highest BCUT2D eigenvalue weighted by molar-refractivity contribution is 9.10. The molecule has 3 unspecified atom stereocenters. The van der Waals surface area contributed by atoms with E-state index in [0.717, 1.165) is 30.7 Å². The number of ether oxygens (including phenoxy) is 1. The van der Waals surface area contributed by atoms with Gasteiger partial charge in [0.05, 0.1) is 22.4 Å². The molecule has 2 rings (SSSR count). The largest absolute Gasteiger partial charge is 0.381 e. The number of aryl methyl sites for hydroxylation is 1. The minimum absolute atomic E-state index is 0.343. The van der Waals surface area contributed by atoms with Crippen molar-refractivity contribution in [1.29, 1.82) is 0 Å². The van der Waals surface area contributed by atoms with Crippen molar-refractivity contribution < 1.29 is 4.74 Å². The van der Waals surface area contributed by atoms with Gasteiger partial charge in [-0.05, 0) is 40.7 Å². The molecule has 0 saturated carbocycles. The highest BCUT2D eigenvalue weighted by Crippen LogP contribution is 2.36. The quantitative estimate of drug-likeness (QED) is 0.928. The summed E-state index contributed by atoms with van der Waals surface area (Å²) in [5.41, 5.74) is 1.25. The number of rotatable bonds is 4. The zero-order valence-electron chi connectivity index (χ0n) is 11.3. The molecular weight excluding hydrogens is 294 g/mol. The zero-order valence-corrected chi connectivity index (χ0v) is 12.9. The van der Waals surface area contributed by atoms with Crippen LogP contribution in [0.2, 0.25) is 0 Å². The van der Waals surface area contributed by atoms with Gasteiger partial charge in [0.15, 0.2) is 0 Å². The van der Waals surface area contributed by atoms with Gasteiger partial charge in [-0.25, -0.2) is 0 Å². The lowest BCUT2D eigenvalue weighted by molar-refractivity contribution is 0.00966. The third-order valence-corrected chi connectivity index (χ3v) is 4.40. The van der Waals surface area contributed by atoms with E-state index in [1.165, 1.54) is 5.69 Å². The van der Waals surface area contributed by atoms with Gasteiger partial charge < -0.3 is 10.1 Å². The van der Waals surface area contributed by atoms with Crippen LogP contribution >= 0.6 is 15.9 Å². The molecule has 1 saturated heterocycles. The van der Waals surface area contributed by atoms with Crippen molar-refractivity contribution in [3.8, 4) is 0 Å². The summed E-state index contributed by atoms with van der Waals surface area (Å²) in [5.74, 6) is 1.18. The second-order valence-corrected chi connectivity index (χ2v) is 5.90. The Kier molecular flexibility index (Phi) is 4.81. The summed E-state index contributed by atoms with van der Waals surface area (Å²) < 4.78 is 8.62. The van der Waals surface area contributed by atoms with Gasteiger partial charge in [0.2, 0.25) is 0 Å². The van der Waals surface area contributed by atoms with Crippen LogP contribution in [0.4, 0.5) is 0 Å². The van der Waals surface area contributed by atoms with E-state index in [-0.39, 0.29) is 0 Å². The van der Waals surface area contributed by atoms with Crippen LogP contribution in [0, 0.1) is 11.8 Å². The fourth-order valence-electron chi connectivity index (χ4n) is 2.83. The summed E-state index contributed by atoms with van der Waals surface area (Å²) in [7, 11) is 2.01. The topological polar surface area (TPSA) is 39.1 Å². The van der Waals surface area contributed by atoms with Gasteiger partial charge in [0, 0.05) is 20.3 Å². The number of nitrogens with one attached hydrogen (secondary N) is 1. The molecule has 102 valence electrons. The van der Waals surface area contributed by atoms with Crippen LogP contribution in [0.1, 0.15) is 32.0 Å². The molecule has 2 heterocycles. The van der Waals surface area contributed by atoms with E-state index in [9.17, 15) is 0 Å². The fourth-order valence-corrected chi connectivity index (χ4v) is 3.43. The summed E-state index contributed by atoms with van der Waals surface area (Å²) in [6, 6.07) is 0.343. The second kappa shape index (κ2) is 6.17. The van der Waals surface area contributed by atoms with E-state index in [2.05, 4.69) is 40.2 Å². The highest BCUT2D eigenvalue weighted by Gasteiger charge is 2.33. The van der Waals surface area contributed by atoms with Crippen molar-refractivity contribution in [3.05, 3.63) is 16.4 Å². The molecule has 1 aliphatic rings. The normalized spacial score (nSPS) is 26.2. The molecular formula is C13H22BrN3O. The van der Waals surface area contributed by atoms with Gasteiger partial charge in [-0.3, -0.25) is 4.68 Å². The molecule has 1 aromatic heterocycles. The van der Waals surface area contributed by atoms with Crippen molar-refractivity contribution in [2.45, 2.75) is 26.3 Å². The van der Waals surface area contributed by atoms with Crippen molar-refractivity contribution in [3.63, 3.8) is 0 Å². The Bertz CT molecular complexity index is 374. The van der Waals surface area contributed by atoms with E-state index in [1.807, 2.05) is 17.9 Å². The molecule has 1 N–H and O–H groups in total. The first-order chi connectivity index (χ1) is 8.65. The molecule has 0 aromatic carbocycles. The van der Waals surface area contributed by atoms with Gasteiger partial charge in [-0.1, -0.05) is 13.8 Å². The van der Waals surface area contributed by atoms with E-state index in [1.54, 1.807) is 0 Å². The SMILES string of the molecule is CCNC(c1c(Br)cnn1C)C1CCOCC1C. The zero-order chi connectivity index (χ0) is 13.1. The molecule has 0 spiro atoms. The minimum atomic E-state index is 0.343. The Morgan fingerprint density at radius 3 is 3.00 bits per heavy atom. The maximum Gasteiger partial charge on any atom is 0.0695 e. The number of hydrogen-bond acceptors (Lipinski definition) is 3. The van der Waals surface area contributed by atoms with Gasteiger partial charge in [0.25, 0.3) is 0 Å². The summed E-state index contributed by atoms with van der Waals surface area (Å²) in [5, 5.41) is 7.96. The van der Waals surface area contributed by atoms with Gasteiger partial charge in [0.1, 0.15) is 0 Å². The van der Waals surface area contributed by atoms with E-state index in [4.69, 9.17) is 4.74 Å². The highest BCUT2D eigenvalue weighted by atomic mass is 79.9. The molecule has 4 nitrogen and oxygen atoms in total. The summed E-state index contributed by atoms with van der Waals surface area (Å²) in [6.07, 6.45) is 2.99. The van der Waals surface area contributed by atoms with Crippen LogP contribution in [0.25, 0.3) is 0 Å². The maximum absolute atomic E-state index is 5.56. The lowest BCUT2D eigenvalue weighted by Crippen LogP contribution is -2.38. The molecule has 1 aliphatic heterocycles. The monoisotopic (exact) mass is 315 g/mol. The van der Waals surface area contributed by atoms with Crippen LogP contribution < -0.4 is 5.32 Å². The first kappa shape index (κ1) is 14.0. The van der Waals surface area contributed by atoms with Crippen LogP contribution in [0.5, 0.6) is 0 Å². The van der Waals surface area contributed by atoms with Crippen molar-refractivity contribution in [1.82, 2.24) is 15.1 Å². The van der Waals surface area contributed by atoms with Gasteiger partial charge in [-0.15, -0.1) is 0 Å². The average Bonchev–Trinajstić information content (AvgIpc) is 2.68. The Balaban J connectivity index is 2.27. The van der Waals surface area contributed by atoms with Gasteiger partial charge in [-0.2, -0.15) is 5.10 Å². The fraction of sp³-hybridized carbons (Fsp3) is 0.769. The van der Waals surface area contributed by atoms with Crippen LogP contribution in [-0.2, 0) is 11.8 Å². The average molecular weight is 316 g/mol. The third kappa shape index (κ3) is 2.78. The molecule has 3 atom stereocenters. The summed E-state index contributed by atoms with van der Waals surface area (Å²) in [6.45, 7) is 7.13. The number of halogens is 1. The van der Waals surface area contributed by atoms with Crippen molar-refractivity contribution in [2.75, 3.05) is 19.8 Å². The predicted molar refractivity (Wildman–Crippen MR) is 75.4 cm³/mol. The molecule has 0 amide bonds. The van der Waals surface area contributed by atoms with Crippen LogP contribution in [0.15, 0.2) is 10.7 Å². The standard InChI is InChI=1S/C13H22BrN3O/c1-4-15-12(10-5-6-18-8-9(10)2)13-11(14)7-16-17(13)3/h7,9-10,12,15H,4-6,8H2,1-3H3. The molecule has 1 fully saturated rings. The molecule has 0 radical (unpaired) electrons. The number of nitrogens with zero attached hydrogens (tertiary/aromatic N) is 2. The second-order valence-electron chi connectivity index (χ2n) is 5.04. The lowest BCUT2D eigenvalue weighted by atomic mass is 9.82. The first-order valence-corrected chi connectivity index (χ1v) is 7.43. The number of aromatic nitrogens is 2. The van der Waals surface area contributed by atoms with E-state index < -0.39 is 0 Å². The smallest absolute Gasteiger partial charge is 0.0695 e. The van der Waals surface area contributed by atoms with E-state index >= 15 is 0 Å². The summed E-state index contributed by atoms with van der Waals surface area (Å²) in [4.78, 5) is 0. The van der Waals surface area contributed by atoms with Crippen LogP contribution in [-0.4, -0.2) is 29.5 Å². The summed E-state index contributed by atoms with van der Waals surface area (Å²) >= 11 is 3.62. The van der Waals surface area contributed by atoms with Crippen molar-refractivity contribution >= 4 is 15.9 Å². The Hall–Kier alpha value is -0.390. The number of hydrogen-bond donors (Lipinski definition) is 1. The van der Waals surface area contributed by atoms with Crippen molar-refractivity contribution in [2.24, 2.45) is 18.9 Å². The molecule has 1 aromatic rings. The third-order valence-electron chi connectivity index (χ3n) is 3.79. The molecule has 18 heavy (non-hydrogen) atoms. The Labute approximate surface area is 117 Å². The predicted octanol–water partition coefficient (Wildman–Crippen LogP) is 2.51. The first-order valence-electron chi connectivity index (χ1n) is 6.63. The molecule has 0 aliphatic carbocycles. The molecule has 0 bridgehead atoms. The Morgan fingerprint density at radius 1 is 1.67 bits per heavy atom. The maximum atomic E-state index is 5.56. The van der Waals surface area contributed by atoms with Gasteiger partial charge >= 0.3 is 0 Å². The van der Waals surface area contributed by atoms with Crippen LogP contribution in [0.3, 0.4) is 0 Å². The Morgan fingerprint density at radius 2 is 2.44 bits per heavy atom. The molecule has 5 heteroatoms.